The van der Waals surface area contributed by atoms with Crippen LogP contribution in [-0.2, 0) is 0 Å². The van der Waals surface area contributed by atoms with Crippen LogP contribution in [0.1, 0.15) is 32.6 Å². The molecule has 0 heterocycles. The number of nitrogens with one attached hydrogen (secondary N) is 1. The Hall–Kier alpha value is -0.120. The molecule has 0 saturated carbocycles. The molecule has 0 aliphatic carbocycles. The van der Waals surface area contributed by atoms with Gasteiger partial charge in [-0.25, -0.2) is 0 Å². The molecule has 0 spiro atoms. The van der Waals surface area contributed by atoms with Gasteiger partial charge in [0.15, 0.2) is 0 Å². The van der Waals surface area contributed by atoms with Gasteiger partial charge in [-0.05, 0) is 26.3 Å². The maximum absolute atomic E-state index is 8.90. The molecule has 0 amide bonds. The monoisotopic (exact) mass is 175 g/mol. The van der Waals surface area contributed by atoms with Gasteiger partial charge in [-0.15, -0.1) is 0 Å². The van der Waals surface area contributed by atoms with Gasteiger partial charge in [0.25, 0.3) is 0 Å². The Kier molecular flexibility index (Phi) is 8.88. The van der Waals surface area contributed by atoms with Gasteiger partial charge in [0, 0.05) is 13.2 Å². The standard InChI is InChI=1S/C9H21NO2/c1-9(12)8-10-6-4-2-3-5-7-11/h9-12H,2-8H2,1H3/t9-/m0/s1. The van der Waals surface area contributed by atoms with E-state index in [2.05, 4.69) is 5.32 Å². The Morgan fingerprint density at radius 1 is 1.17 bits per heavy atom. The van der Waals surface area contributed by atoms with Gasteiger partial charge in [0.2, 0.25) is 0 Å². The third-order valence-electron chi connectivity index (χ3n) is 1.70. The number of unbranched alkanes of at least 4 members (excludes halogenated alkanes) is 3. The Morgan fingerprint density at radius 2 is 1.83 bits per heavy atom. The summed E-state index contributed by atoms with van der Waals surface area (Å²) in [6.07, 6.45) is 4.06. The summed E-state index contributed by atoms with van der Waals surface area (Å²) in [6.45, 7) is 3.73. The molecule has 0 rings (SSSR count). The number of hydrogen-bond donors (Lipinski definition) is 3. The molecule has 0 bridgehead atoms. The van der Waals surface area contributed by atoms with E-state index >= 15 is 0 Å². The van der Waals surface area contributed by atoms with Crippen molar-refractivity contribution in [3.05, 3.63) is 0 Å². The van der Waals surface area contributed by atoms with Crippen LogP contribution in [0.25, 0.3) is 0 Å². The molecule has 0 aliphatic heterocycles. The second-order valence-electron chi connectivity index (χ2n) is 3.19. The van der Waals surface area contributed by atoms with E-state index in [1.54, 1.807) is 6.92 Å². The maximum Gasteiger partial charge on any atom is 0.0636 e. The van der Waals surface area contributed by atoms with Crippen LogP contribution in [0.15, 0.2) is 0 Å². The average molecular weight is 175 g/mol. The fourth-order valence-electron chi connectivity index (χ4n) is 1.03. The summed E-state index contributed by atoms with van der Waals surface area (Å²) in [4.78, 5) is 0. The summed E-state index contributed by atoms with van der Waals surface area (Å²) < 4.78 is 0. The van der Waals surface area contributed by atoms with Crippen molar-refractivity contribution in [1.29, 1.82) is 0 Å². The quantitative estimate of drug-likeness (QED) is 0.471. The van der Waals surface area contributed by atoms with E-state index in [-0.39, 0.29) is 6.10 Å². The number of rotatable bonds is 8. The lowest BCUT2D eigenvalue weighted by Crippen LogP contribution is -2.25. The number of hydrogen-bond acceptors (Lipinski definition) is 3. The Morgan fingerprint density at radius 3 is 2.42 bits per heavy atom. The largest absolute Gasteiger partial charge is 0.396 e. The van der Waals surface area contributed by atoms with Crippen molar-refractivity contribution >= 4 is 0 Å². The average Bonchev–Trinajstić information content (AvgIpc) is 2.02. The van der Waals surface area contributed by atoms with Gasteiger partial charge in [-0.2, -0.15) is 0 Å². The van der Waals surface area contributed by atoms with Crippen molar-refractivity contribution < 1.29 is 10.2 Å². The minimum Gasteiger partial charge on any atom is -0.396 e. The van der Waals surface area contributed by atoms with Gasteiger partial charge < -0.3 is 15.5 Å². The Bertz CT molecular complexity index is 86.6. The third kappa shape index (κ3) is 9.88. The fourth-order valence-corrected chi connectivity index (χ4v) is 1.03. The van der Waals surface area contributed by atoms with Crippen LogP contribution in [0.2, 0.25) is 0 Å². The molecule has 0 aromatic rings. The van der Waals surface area contributed by atoms with Crippen LogP contribution < -0.4 is 5.32 Å². The molecule has 12 heavy (non-hydrogen) atoms. The van der Waals surface area contributed by atoms with Crippen LogP contribution in [0.4, 0.5) is 0 Å². The van der Waals surface area contributed by atoms with Crippen LogP contribution in [-0.4, -0.2) is 36.0 Å². The van der Waals surface area contributed by atoms with Crippen molar-refractivity contribution in [3.63, 3.8) is 0 Å². The molecule has 0 aliphatic rings. The predicted octanol–water partition coefficient (Wildman–Crippen LogP) is 0.509. The molecular formula is C9H21NO2. The Labute approximate surface area is 74.8 Å². The highest BCUT2D eigenvalue weighted by Crippen LogP contribution is 1.97. The minimum atomic E-state index is -0.248. The van der Waals surface area contributed by atoms with Crippen LogP contribution in [0.5, 0.6) is 0 Å². The second kappa shape index (κ2) is 8.97. The van der Waals surface area contributed by atoms with Crippen LogP contribution in [0.3, 0.4) is 0 Å². The first-order valence-electron chi connectivity index (χ1n) is 4.77. The van der Waals surface area contributed by atoms with Gasteiger partial charge in [0.1, 0.15) is 0 Å². The summed E-state index contributed by atoms with van der Waals surface area (Å²) in [5, 5.41) is 20.5. The highest BCUT2D eigenvalue weighted by molar-refractivity contribution is 4.52. The molecule has 0 aromatic carbocycles. The van der Waals surface area contributed by atoms with Gasteiger partial charge in [-0.1, -0.05) is 12.8 Å². The van der Waals surface area contributed by atoms with E-state index < -0.39 is 0 Å². The second-order valence-corrected chi connectivity index (χ2v) is 3.19. The molecule has 3 heteroatoms. The van der Waals surface area contributed by atoms with E-state index in [1.165, 1.54) is 0 Å². The predicted molar refractivity (Wildman–Crippen MR) is 50.1 cm³/mol. The first-order valence-corrected chi connectivity index (χ1v) is 4.77. The zero-order valence-corrected chi connectivity index (χ0v) is 7.92. The summed E-state index contributed by atoms with van der Waals surface area (Å²) in [5.41, 5.74) is 0. The van der Waals surface area contributed by atoms with E-state index in [0.717, 1.165) is 32.2 Å². The molecule has 3 nitrogen and oxygen atoms in total. The summed E-state index contributed by atoms with van der Waals surface area (Å²) in [6, 6.07) is 0. The lowest BCUT2D eigenvalue weighted by Gasteiger charge is -2.05. The van der Waals surface area contributed by atoms with E-state index in [4.69, 9.17) is 10.2 Å². The van der Waals surface area contributed by atoms with Gasteiger partial charge in [-0.3, -0.25) is 0 Å². The number of aliphatic hydroxyl groups excluding tert-OH is 2. The zero-order valence-electron chi connectivity index (χ0n) is 7.92. The highest BCUT2D eigenvalue weighted by atomic mass is 16.3. The smallest absolute Gasteiger partial charge is 0.0636 e. The van der Waals surface area contributed by atoms with Crippen LogP contribution in [0, 0.1) is 0 Å². The van der Waals surface area contributed by atoms with Crippen molar-refractivity contribution in [2.24, 2.45) is 0 Å². The third-order valence-corrected chi connectivity index (χ3v) is 1.70. The van der Waals surface area contributed by atoms with Gasteiger partial charge >= 0.3 is 0 Å². The molecule has 1 atom stereocenters. The molecule has 0 saturated heterocycles. The molecule has 74 valence electrons. The first-order chi connectivity index (χ1) is 5.77. The highest BCUT2D eigenvalue weighted by Gasteiger charge is 1.93. The molecule has 0 fully saturated rings. The van der Waals surface area contributed by atoms with E-state index in [0.29, 0.717) is 13.2 Å². The summed E-state index contributed by atoms with van der Waals surface area (Å²) in [5.74, 6) is 0. The summed E-state index contributed by atoms with van der Waals surface area (Å²) in [7, 11) is 0. The molecular weight excluding hydrogens is 154 g/mol. The SMILES string of the molecule is C[C@H](O)CNCCCCCCO. The van der Waals surface area contributed by atoms with Crippen LogP contribution >= 0.6 is 0 Å². The number of aliphatic hydroxyl groups is 2. The zero-order chi connectivity index (χ0) is 9.23. The fraction of sp³-hybridized carbons (Fsp3) is 1.00. The molecule has 0 unspecified atom stereocenters. The molecule has 0 radical (unpaired) electrons. The van der Waals surface area contributed by atoms with Crippen molar-refractivity contribution in [2.75, 3.05) is 19.7 Å². The Balaban J connectivity index is 2.82. The van der Waals surface area contributed by atoms with Gasteiger partial charge in [0.05, 0.1) is 6.10 Å². The topological polar surface area (TPSA) is 52.5 Å². The van der Waals surface area contributed by atoms with Crippen molar-refractivity contribution in [2.45, 2.75) is 38.7 Å². The van der Waals surface area contributed by atoms with E-state index in [1.807, 2.05) is 0 Å². The lowest BCUT2D eigenvalue weighted by molar-refractivity contribution is 0.191. The molecule has 0 aromatic heterocycles. The first kappa shape index (κ1) is 11.9. The normalized spacial score (nSPS) is 13.2. The van der Waals surface area contributed by atoms with Crippen molar-refractivity contribution in [1.82, 2.24) is 5.32 Å². The lowest BCUT2D eigenvalue weighted by atomic mass is 10.2. The van der Waals surface area contributed by atoms with Crippen molar-refractivity contribution in [3.8, 4) is 0 Å². The molecule has 3 N–H and O–H groups in total. The minimum absolute atomic E-state index is 0.248. The maximum atomic E-state index is 8.90. The van der Waals surface area contributed by atoms with E-state index in [9.17, 15) is 0 Å². The summed E-state index contributed by atoms with van der Waals surface area (Å²) >= 11 is 0.